The van der Waals surface area contributed by atoms with E-state index < -0.39 is 0 Å². The maximum atomic E-state index is 11.5. The molecule has 0 atom stereocenters. The summed E-state index contributed by atoms with van der Waals surface area (Å²) in [7, 11) is 1.59. The summed E-state index contributed by atoms with van der Waals surface area (Å²) in [5, 5.41) is 7.65. The van der Waals surface area contributed by atoms with Crippen molar-refractivity contribution in [3.8, 4) is 0 Å². The third-order valence-electron chi connectivity index (χ3n) is 3.06. The van der Waals surface area contributed by atoms with Crippen LogP contribution in [-0.2, 0) is 11.2 Å². The number of benzene rings is 1. The van der Waals surface area contributed by atoms with Crippen molar-refractivity contribution < 1.29 is 9.53 Å². The molecule has 2 aromatic rings. The number of urea groups is 1. The Labute approximate surface area is 132 Å². The molecular weight excluding hydrogens is 313 g/mol. The molecule has 2 amide bonds. The second kappa shape index (κ2) is 7.54. The van der Waals surface area contributed by atoms with Gasteiger partial charge in [0, 0.05) is 36.8 Å². The van der Waals surface area contributed by atoms with Gasteiger partial charge >= 0.3 is 6.03 Å². The number of methoxy groups -OCH3 is 1. The van der Waals surface area contributed by atoms with E-state index in [0.29, 0.717) is 36.2 Å². The molecule has 0 saturated heterocycles. The normalized spacial score (nSPS) is 10.8. The number of H-pyrrole nitrogens is 1. The number of ether oxygens (including phenoxy) is 1. The number of rotatable bonds is 6. The number of amides is 2. The standard InChI is InChI=1S/C14H17Cl2N3O2/c1-21-5-4-18-14(20)17-3-2-9-8-19-13-11(9)6-10(15)7-12(13)16/h6-8,19H,2-5H2,1H3,(H2,17,18,20). The zero-order valence-corrected chi connectivity index (χ0v) is 13.1. The molecule has 0 aliphatic carbocycles. The lowest BCUT2D eigenvalue weighted by Gasteiger charge is -2.07. The van der Waals surface area contributed by atoms with E-state index in [4.69, 9.17) is 27.9 Å². The minimum atomic E-state index is -0.206. The minimum Gasteiger partial charge on any atom is -0.383 e. The molecule has 1 aromatic carbocycles. The molecule has 0 fully saturated rings. The number of hydrogen-bond donors (Lipinski definition) is 3. The smallest absolute Gasteiger partial charge is 0.314 e. The third-order valence-corrected chi connectivity index (χ3v) is 3.58. The zero-order valence-electron chi connectivity index (χ0n) is 11.6. The molecule has 0 aliphatic heterocycles. The van der Waals surface area contributed by atoms with Crippen LogP contribution in [-0.4, -0.2) is 37.8 Å². The first-order chi connectivity index (χ1) is 10.1. The van der Waals surface area contributed by atoms with Crippen molar-refractivity contribution in [1.29, 1.82) is 0 Å². The fourth-order valence-corrected chi connectivity index (χ4v) is 2.61. The summed E-state index contributed by atoms with van der Waals surface area (Å²) in [6.07, 6.45) is 2.58. The van der Waals surface area contributed by atoms with Crippen molar-refractivity contribution in [2.24, 2.45) is 0 Å². The monoisotopic (exact) mass is 329 g/mol. The minimum absolute atomic E-state index is 0.206. The summed E-state index contributed by atoms with van der Waals surface area (Å²) in [6, 6.07) is 3.36. The molecular formula is C14H17Cl2N3O2. The van der Waals surface area contributed by atoms with Crippen LogP contribution in [0.25, 0.3) is 10.9 Å². The number of carbonyl (C=O) groups excluding carboxylic acids is 1. The van der Waals surface area contributed by atoms with E-state index in [9.17, 15) is 4.79 Å². The Kier molecular flexibility index (Phi) is 5.73. The molecule has 114 valence electrons. The number of aromatic amines is 1. The SMILES string of the molecule is COCCNC(=O)NCCc1c[nH]c2c(Cl)cc(Cl)cc12. The van der Waals surface area contributed by atoms with Crippen molar-refractivity contribution in [1.82, 2.24) is 15.6 Å². The molecule has 0 radical (unpaired) electrons. The number of halogens is 2. The van der Waals surface area contributed by atoms with Gasteiger partial charge in [0.05, 0.1) is 17.1 Å². The highest BCUT2D eigenvalue weighted by molar-refractivity contribution is 6.38. The van der Waals surface area contributed by atoms with Crippen LogP contribution in [0.2, 0.25) is 10.0 Å². The summed E-state index contributed by atoms with van der Waals surface area (Å²) in [5.74, 6) is 0. The molecule has 1 aromatic heterocycles. The van der Waals surface area contributed by atoms with E-state index in [1.165, 1.54) is 0 Å². The number of carbonyl (C=O) groups is 1. The average molecular weight is 330 g/mol. The number of nitrogens with one attached hydrogen (secondary N) is 3. The van der Waals surface area contributed by atoms with Crippen LogP contribution >= 0.6 is 23.2 Å². The quantitative estimate of drug-likeness (QED) is 0.713. The zero-order chi connectivity index (χ0) is 15.2. The summed E-state index contributed by atoms with van der Waals surface area (Å²) >= 11 is 12.1. The second-order valence-electron chi connectivity index (χ2n) is 4.55. The molecule has 0 unspecified atom stereocenters. The van der Waals surface area contributed by atoms with Gasteiger partial charge in [0.2, 0.25) is 0 Å². The fraction of sp³-hybridized carbons (Fsp3) is 0.357. The molecule has 1 heterocycles. The van der Waals surface area contributed by atoms with Gasteiger partial charge in [0.1, 0.15) is 0 Å². The molecule has 7 heteroatoms. The first kappa shape index (κ1) is 15.9. The maximum absolute atomic E-state index is 11.5. The van der Waals surface area contributed by atoms with E-state index >= 15 is 0 Å². The van der Waals surface area contributed by atoms with Gasteiger partial charge in [-0.15, -0.1) is 0 Å². The fourth-order valence-electron chi connectivity index (χ4n) is 2.06. The molecule has 3 N–H and O–H groups in total. The average Bonchev–Trinajstić information content (AvgIpc) is 2.82. The van der Waals surface area contributed by atoms with Gasteiger partial charge in [-0.3, -0.25) is 0 Å². The van der Waals surface area contributed by atoms with Crippen LogP contribution in [0.3, 0.4) is 0 Å². The topological polar surface area (TPSA) is 66.2 Å². The van der Waals surface area contributed by atoms with Crippen molar-refractivity contribution in [2.45, 2.75) is 6.42 Å². The van der Waals surface area contributed by atoms with E-state index in [-0.39, 0.29) is 6.03 Å². The first-order valence-electron chi connectivity index (χ1n) is 6.57. The Balaban J connectivity index is 1.91. The van der Waals surface area contributed by atoms with Gasteiger partial charge in [-0.1, -0.05) is 23.2 Å². The van der Waals surface area contributed by atoms with Gasteiger partial charge in [-0.2, -0.15) is 0 Å². The van der Waals surface area contributed by atoms with Crippen LogP contribution in [0, 0.1) is 0 Å². The van der Waals surface area contributed by atoms with Crippen LogP contribution < -0.4 is 10.6 Å². The molecule has 0 saturated carbocycles. The molecule has 0 spiro atoms. The van der Waals surface area contributed by atoms with Crippen LogP contribution in [0.4, 0.5) is 4.79 Å². The van der Waals surface area contributed by atoms with Gasteiger partial charge in [0.15, 0.2) is 0 Å². The Morgan fingerprint density at radius 1 is 1.29 bits per heavy atom. The maximum Gasteiger partial charge on any atom is 0.314 e. The van der Waals surface area contributed by atoms with E-state index in [1.807, 2.05) is 12.3 Å². The lowest BCUT2D eigenvalue weighted by Crippen LogP contribution is -2.38. The van der Waals surface area contributed by atoms with Crippen molar-refractivity contribution >= 4 is 40.1 Å². The van der Waals surface area contributed by atoms with Gasteiger partial charge in [0.25, 0.3) is 0 Å². The third kappa shape index (κ3) is 4.27. The molecule has 5 nitrogen and oxygen atoms in total. The van der Waals surface area contributed by atoms with E-state index in [1.54, 1.807) is 13.2 Å². The lowest BCUT2D eigenvalue weighted by molar-refractivity contribution is 0.196. The van der Waals surface area contributed by atoms with Crippen LogP contribution in [0.1, 0.15) is 5.56 Å². The Hall–Kier alpha value is -1.43. The Morgan fingerprint density at radius 2 is 2.05 bits per heavy atom. The highest BCUT2D eigenvalue weighted by atomic mass is 35.5. The molecule has 2 rings (SSSR count). The van der Waals surface area contributed by atoms with Crippen molar-refractivity contribution in [3.05, 3.63) is 33.9 Å². The lowest BCUT2D eigenvalue weighted by atomic mass is 10.1. The molecule has 0 bridgehead atoms. The summed E-state index contributed by atoms with van der Waals surface area (Å²) in [6.45, 7) is 1.50. The largest absolute Gasteiger partial charge is 0.383 e. The number of fused-ring (bicyclic) bond motifs is 1. The van der Waals surface area contributed by atoms with Crippen molar-refractivity contribution in [2.75, 3.05) is 26.8 Å². The molecule has 21 heavy (non-hydrogen) atoms. The summed E-state index contributed by atoms with van der Waals surface area (Å²) in [5.41, 5.74) is 1.92. The van der Waals surface area contributed by atoms with Gasteiger partial charge < -0.3 is 20.4 Å². The predicted octanol–water partition coefficient (Wildman–Crippen LogP) is 2.96. The first-order valence-corrected chi connectivity index (χ1v) is 7.33. The molecule has 0 aliphatic rings. The second-order valence-corrected chi connectivity index (χ2v) is 5.39. The van der Waals surface area contributed by atoms with Crippen LogP contribution in [0.5, 0.6) is 0 Å². The van der Waals surface area contributed by atoms with Gasteiger partial charge in [-0.05, 0) is 24.1 Å². The number of aromatic nitrogens is 1. The summed E-state index contributed by atoms with van der Waals surface area (Å²) in [4.78, 5) is 14.6. The highest BCUT2D eigenvalue weighted by Gasteiger charge is 2.08. The summed E-state index contributed by atoms with van der Waals surface area (Å²) < 4.78 is 4.85. The predicted molar refractivity (Wildman–Crippen MR) is 85.3 cm³/mol. The van der Waals surface area contributed by atoms with Crippen molar-refractivity contribution in [3.63, 3.8) is 0 Å². The van der Waals surface area contributed by atoms with E-state index in [0.717, 1.165) is 16.5 Å². The Morgan fingerprint density at radius 3 is 2.81 bits per heavy atom. The van der Waals surface area contributed by atoms with Crippen LogP contribution in [0.15, 0.2) is 18.3 Å². The van der Waals surface area contributed by atoms with E-state index in [2.05, 4.69) is 15.6 Å². The Bertz CT molecular complexity index is 628. The highest BCUT2D eigenvalue weighted by Crippen LogP contribution is 2.29. The van der Waals surface area contributed by atoms with Gasteiger partial charge in [-0.25, -0.2) is 4.79 Å². The number of hydrogen-bond acceptors (Lipinski definition) is 2.